The van der Waals surface area contributed by atoms with Crippen molar-refractivity contribution in [3.05, 3.63) is 60.7 Å². The minimum atomic E-state index is -4.12. The number of aliphatic carboxylic acids is 1. The van der Waals surface area contributed by atoms with Gasteiger partial charge in [0.25, 0.3) is 31.9 Å². The van der Waals surface area contributed by atoms with Crippen LogP contribution in [0.15, 0.2) is 75.4 Å². The van der Waals surface area contributed by atoms with Crippen LogP contribution < -0.4 is 36.0 Å². The van der Waals surface area contributed by atoms with E-state index >= 15 is 0 Å². The fourth-order valence-electron chi connectivity index (χ4n) is 11.5. The number of likely N-dealkylation sites (tertiary alicyclic amines) is 2. The zero-order valence-electron chi connectivity index (χ0n) is 51.6. The Morgan fingerprint density at radius 3 is 1.28 bits per heavy atom. The Hall–Kier alpha value is -5.90. The second kappa shape index (κ2) is 24.0. The predicted molar refractivity (Wildman–Crippen MR) is 328 cm³/mol. The number of nitrogens with one attached hydrogen (secondary N) is 7. The molecule has 6 fully saturated rings. The van der Waals surface area contributed by atoms with Crippen molar-refractivity contribution >= 4 is 94.4 Å². The second-order valence-corrected chi connectivity index (χ2v) is 32.7. The SMILES string of the molecule is CC(C)(C)NC(=O)N[C@H](C(=O)N1C[C@H]2[C@@H]([C@H]1C(=O)NC1(C(=O)NS(=O)(=O)c3ccccc3)CC1)C2(C)C)C(C)(C)C.CC(C)(C)NC(=O)N[C@H](C(=O)N1C[C@H]2[C@@H]([C@H]1C(=O)O)C2(C)C)C(C)(C)C.O=C(NS(=O)(=O)c1ccccc1)C1(N=CI)CC1. The van der Waals surface area contributed by atoms with Crippen molar-refractivity contribution in [1.82, 2.24) is 45.8 Å². The largest absolute Gasteiger partial charge is 0.480 e. The van der Waals surface area contributed by atoms with Crippen molar-refractivity contribution in [2.75, 3.05) is 13.1 Å². The number of rotatable bonds is 14. The van der Waals surface area contributed by atoms with E-state index in [1.807, 2.05) is 120 Å². The molecule has 0 bridgehead atoms. The number of sulfonamides is 2. The summed E-state index contributed by atoms with van der Waals surface area (Å²) in [6.45, 7) is 31.2. The molecule has 85 heavy (non-hydrogen) atoms. The summed E-state index contributed by atoms with van der Waals surface area (Å²) in [5, 5.41) is 23.7. The standard InChI is InChI=1S/C29H43N5O6S.C19H33N3O4.C11H11IN2O3S/c1-26(2,3)21(30-25(38)32-27(4,5)6)23(36)34-16-18-19(28(18,7)8)20(34)22(35)31-29(14-15-29)24(37)33-41(39,40)17-12-10-9-11-13-17;1-17(2,3)13(20-16(26)21-18(4,5)6)14(23)22-9-10-11(19(10,7)8)12(22)15(24)25;12-8-13-11(6-7-11)10(15)14-18(16,17)9-4-2-1-3-5-9/h9-13,18-21H,14-16H2,1-8H3,(H,31,35)(H,33,37)(H2,30,32,38);10-13H,9H2,1-8H3,(H,24,25)(H2,20,21,26);1-5,8H,6-7H2,(H,14,15)/t18-,19-,20-,21+;10-,11-,12-,13+;/m00./s1. The summed E-state index contributed by atoms with van der Waals surface area (Å²) in [5.74, 6) is -3.36. The number of hydrogen-bond acceptors (Lipinski definition) is 13. The number of nitrogens with zero attached hydrogens (tertiary/aromatic N) is 3. The number of hydrogen-bond donors (Lipinski definition) is 8. The van der Waals surface area contributed by atoms with Crippen LogP contribution in [0.5, 0.6) is 0 Å². The summed E-state index contributed by atoms with van der Waals surface area (Å²) in [6.07, 6.45) is 1.74. The summed E-state index contributed by atoms with van der Waals surface area (Å²) in [7, 11) is -7.91. The number of urea groups is 2. The van der Waals surface area contributed by atoms with Crippen LogP contribution in [0.4, 0.5) is 9.59 Å². The van der Waals surface area contributed by atoms with Gasteiger partial charge in [0, 0.05) is 30.1 Å². The smallest absolute Gasteiger partial charge is 0.326 e. The third-order valence-electron chi connectivity index (χ3n) is 16.8. The first-order valence-electron chi connectivity index (χ1n) is 28.5. The summed E-state index contributed by atoms with van der Waals surface area (Å²) in [6, 6.07) is 11.1. The van der Waals surface area contributed by atoms with Gasteiger partial charge in [-0.05, 0) is 153 Å². The number of amides is 9. The molecular weight excluding hydrogens is 1250 g/mol. The van der Waals surface area contributed by atoms with Crippen LogP contribution in [0.25, 0.3) is 0 Å². The highest BCUT2D eigenvalue weighted by molar-refractivity contribution is 14.1. The van der Waals surface area contributed by atoms with Crippen molar-refractivity contribution in [3.63, 3.8) is 0 Å². The van der Waals surface area contributed by atoms with Crippen molar-refractivity contribution in [1.29, 1.82) is 0 Å². The molecule has 26 heteroatoms. The highest BCUT2D eigenvalue weighted by Gasteiger charge is 2.71. The average molecular weight is 1340 g/mol. The van der Waals surface area contributed by atoms with Gasteiger partial charge in [-0.1, -0.05) is 106 Å². The normalized spacial score (nSPS) is 24.3. The molecule has 4 saturated carbocycles. The zero-order chi connectivity index (χ0) is 64.2. The van der Waals surface area contributed by atoms with Gasteiger partial charge < -0.3 is 41.5 Å². The Morgan fingerprint density at radius 2 is 0.953 bits per heavy atom. The summed E-state index contributed by atoms with van der Waals surface area (Å²) in [5.41, 5.74) is -4.60. The number of carbonyl (C=O) groups is 8. The Bertz CT molecular complexity index is 3180. The Labute approximate surface area is 514 Å². The van der Waals surface area contributed by atoms with Crippen LogP contribution in [-0.2, 0) is 48.8 Å². The van der Waals surface area contributed by atoms with Gasteiger partial charge in [0.05, 0.1) is 14.0 Å². The molecule has 0 unspecified atom stereocenters. The van der Waals surface area contributed by atoms with E-state index < -0.39 is 113 Å². The number of benzene rings is 2. The van der Waals surface area contributed by atoms with Crippen molar-refractivity contribution in [3.8, 4) is 0 Å². The van der Waals surface area contributed by atoms with E-state index in [-0.39, 0.29) is 68.9 Å². The van der Waals surface area contributed by atoms with Gasteiger partial charge >= 0.3 is 18.0 Å². The molecule has 6 aliphatic rings. The molecule has 2 aromatic carbocycles. The average Bonchev–Trinajstić information content (AvgIpc) is 1.54. The van der Waals surface area contributed by atoms with E-state index in [0.717, 1.165) is 0 Å². The lowest BCUT2D eigenvalue weighted by Gasteiger charge is -2.38. The maximum atomic E-state index is 14.0. The maximum Gasteiger partial charge on any atom is 0.326 e. The molecule has 2 heterocycles. The van der Waals surface area contributed by atoms with E-state index in [4.69, 9.17) is 0 Å². The number of aliphatic imine (C=N–C) groups is 1. The minimum Gasteiger partial charge on any atom is -0.480 e. The Kier molecular flexibility index (Phi) is 19.3. The van der Waals surface area contributed by atoms with Crippen LogP contribution in [0.2, 0.25) is 0 Å². The molecule has 8 N–H and O–H groups in total. The third-order valence-corrected chi connectivity index (χ3v) is 19.8. The molecule has 2 saturated heterocycles. The van der Waals surface area contributed by atoms with Crippen molar-refractivity contribution in [2.24, 2.45) is 50.3 Å². The van der Waals surface area contributed by atoms with Gasteiger partial charge in [0.2, 0.25) is 17.7 Å². The van der Waals surface area contributed by atoms with E-state index in [0.29, 0.717) is 25.9 Å². The fourth-order valence-corrected chi connectivity index (χ4v) is 14.2. The zero-order valence-corrected chi connectivity index (χ0v) is 55.4. The van der Waals surface area contributed by atoms with Gasteiger partial charge in [-0.15, -0.1) is 0 Å². The first kappa shape index (κ1) is 68.2. The molecule has 23 nitrogen and oxygen atoms in total. The van der Waals surface area contributed by atoms with Gasteiger partial charge in [-0.25, -0.2) is 40.7 Å². The molecule has 8 rings (SSSR count). The predicted octanol–water partition coefficient (Wildman–Crippen LogP) is 5.69. The maximum absolute atomic E-state index is 14.0. The number of carboxylic acid groups (broad SMARTS) is 1. The molecule has 8 atom stereocenters. The molecule has 2 aromatic rings. The number of fused-ring (bicyclic) bond motifs is 2. The fraction of sp³-hybridized carbons (Fsp3) is 0.644. The molecule has 2 aliphatic heterocycles. The lowest BCUT2D eigenvalue weighted by Crippen LogP contribution is -2.62. The monoisotopic (exact) mass is 1330 g/mol. The van der Waals surface area contributed by atoms with Crippen molar-refractivity contribution in [2.45, 2.75) is 193 Å². The van der Waals surface area contributed by atoms with E-state index in [9.17, 15) is 60.3 Å². The molecule has 0 radical (unpaired) electrons. The second-order valence-electron chi connectivity index (χ2n) is 28.7. The lowest BCUT2D eigenvalue weighted by atomic mass is 9.85. The van der Waals surface area contributed by atoms with Crippen molar-refractivity contribution < 1.29 is 60.3 Å². The number of piperidine rings is 2. The Morgan fingerprint density at radius 1 is 0.588 bits per heavy atom. The topological polar surface area (TPSA) is 328 Å². The molecule has 4 aliphatic carbocycles. The van der Waals surface area contributed by atoms with Gasteiger partial charge in [-0.3, -0.25) is 29.0 Å². The quantitative estimate of drug-likeness (QED) is 0.0834. The van der Waals surface area contributed by atoms with Crippen LogP contribution in [-0.4, -0.2) is 143 Å². The molecular formula is C59H87IN10O13S2. The van der Waals surface area contributed by atoms with Gasteiger partial charge in [0.1, 0.15) is 35.2 Å². The van der Waals surface area contributed by atoms with Crippen LogP contribution in [0, 0.1) is 45.3 Å². The van der Waals surface area contributed by atoms with Crippen LogP contribution in [0.1, 0.15) is 136 Å². The van der Waals surface area contributed by atoms with Crippen LogP contribution >= 0.6 is 22.6 Å². The van der Waals surface area contributed by atoms with Crippen LogP contribution in [0.3, 0.4) is 0 Å². The first-order chi connectivity index (χ1) is 38.8. The molecule has 0 aromatic heterocycles. The highest BCUT2D eigenvalue weighted by Crippen LogP contribution is 2.66. The summed E-state index contributed by atoms with van der Waals surface area (Å²) < 4.78 is 55.1. The number of carboxylic acids is 1. The van der Waals surface area contributed by atoms with E-state index in [1.165, 1.54) is 38.3 Å². The molecule has 9 amide bonds. The van der Waals surface area contributed by atoms with Gasteiger partial charge in [-0.2, -0.15) is 0 Å². The molecule has 0 spiro atoms. The summed E-state index contributed by atoms with van der Waals surface area (Å²) >= 11 is 1.91. The van der Waals surface area contributed by atoms with E-state index in [1.54, 1.807) is 36.4 Å². The number of halogens is 1. The summed E-state index contributed by atoms with van der Waals surface area (Å²) in [4.78, 5) is 110. The lowest BCUT2D eigenvalue weighted by molar-refractivity contribution is -0.152. The number of carbonyl (C=O) groups excluding carboxylic acids is 7. The third kappa shape index (κ3) is 15.8. The molecule has 470 valence electrons. The first-order valence-corrected chi connectivity index (χ1v) is 32.7. The van der Waals surface area contributed by atoms with E-state index in [2.05, 4.69) is 54.9 Å². The minimum absolute atomic E-state index is 0.0204. The Balaban J connectivity index is 0.000000224. The highest BCUT2D eigenvalue weighted by atomic mass is 127. The van der Waals surface area contributed by atoms with Gasteiger partial charge in [0.15, 0.2) is 0 Å².